The van der Waals surface area contributed by atoms with Crippen LogP contribution in [0.2, 0.25) is 0 Å². The Morgan fingerprint density at radius 1 is 1.00 bits per heavy atom. The maximum Gasteiger partial charge on any atom is 0.380 e. The maximum absolute atomic E-state index is 12.6. The molecule has 130 valence electrons. The number of hydrogen-bond donors (Lipinski definition) is 1. The van der Waals surface area contributed by atoms with Crippen molar-refractivity contribution in [3.05, 3.63) is 42.4 Å². The number of ether oxygens (including phenoxy) is 1. The lowest BCUT2D eigenvalue weighted by atomic mass is 10.1. The van der Waals surface area contributed by atoms with E-state index in [1.54, 1.807) is 45.4 Å². The summed E-state index contributed by atoms with van der Waals surface area (Å²) < 4.78 is 5.06. The summed E-state index contributed by atoms with van der Waals surface area (Å²) in [7, 11) is 0. The van der Waals surface area contributed by atoms with Crippen molar-refractivity contribution in [3.63, 3.8) is 0 Å². The van der Waals surface area contributed by atoms with Crippen molar-refractivity contribution >= 4 is 17.6 Å². The number of allylic oxidation sites excluding steroid dienone is 2. The summed E-state index contributed by atoms with van der Waals surface area (Å²) in [6, 6.07) is 1.56. The Labute approximate surface area is 142 Å². The molecule has 0 radical (unpaired) electrons. The van der Waals surface area contributed by atoms with E-state index in [0.717, 1.165) is 0 Å². The fourth-order valence-electron chi connectivity index (χ4n) is 2.38. The molecule has 6 nitrogen and oxygen atoms in total. The van der Waals surface area contributed by atoms with Crippen molar-refractivity contribution in [1.82, 2.24) is 9.63 Å². The lowest BCUT2D eigenvalue weighted by Gasteiger charge is -2.31. The summed E-state index contributed by atoms with van der Waals surface area (Å²) in [6.45, 7) is 10.9. The van der Waals surface area contributed by atoms with Gasteiger partial charge in [0.2, 0.25) is 0 Å². The molecular weight excluding hydrogens is 308 g/mol. The number of hydrogen-bond acceptors (Lipinski definition) is 4. The normalized spacial score (nSPS) is 16.4. The van der Waals surface area contributed by atoms with Crippen LogP contribution in [0, 0.1) is 0 Å². The molecule has 0 aliphatic carbocycles. The second-order valence-corrected chi connectivity index (χ2v) is 7.67. The number of H-pyrrole nitrogens is 1. The van der Waals surface area contributed by atoms with Gasteiger partial charge in [-0.1, -0.05) is 4.65 Å². The highest BCUT2D eigenvalue weighted by Crippen LogP contribution is 2.34. The van der Waals surface area contributed by atoms with Crippen LogP contribution in [0.3, 0.4) is 0 Å². The van der Waals surface area contributed by atoms with Crippen LogP contribution in [-0.4, -0.2) is 27.9 Å². The predicted molar refractivity (Wildman–Crippen MR) is 91.9 cm³/mol. The molecule has 1 aliphatic rings. The number of quaternary nitrogens is 1. The second kappa shape index (κ2) is 6.03. The second-order valence-electron chi connectivity index (χ2n) is 7.67. The van der Waals surface area contributed by atoms with Crippen LogP contribution in [0.15, 0.2) is 36.8 Å². The zero-order valence-electron chi connectivity index (χ0n) is 15.0. The minimum Gasteiger partial charge on any atom is -0.454 e. The van der Waals surface area contributed by atoms with Gasteiger partial charge >= 0.3 is 5.97 Å². The number of Topliss-reactive ketones (excluding diaryl/α,β-unsaturated/α-hetero) is 1. The predicted octanol–water partition coefficient (Wildman–Crippen LogP) is 3.62. The molecule has 1 aliphatic heterocycles. The van der Waals surface area contributed by atoms with Gasteiger partial charge in [-0.15, -0.1) is 0 Å². The number of nitrogens with one attached hydrogen (secondary N) is 1. The first-order valence-electron chi connectivity index (χ1n) is 7.85. The molecule has 6 heteroatoms. The van der Waals surface area contributed by atoms with Gasteiger partial charge in [0.15, 0.2) is 0 Å². The molecule has 0 saturated carbocycles. The number of nitrogens with zero attached hydrogens (tertiary/aromatic N) is 1. The molecule has 0 aromatic carbocycles. The van der Waals surface area contributed by atoms with Crippen molar-refractivity contribution < 1.29 is 19.2 Å². The van der Waals surface area contributed by atoms with Gasteiger partial charge in [-0.2, -0.15) is 4.84 Å². The summed E-state index contributed by atoms with van der Waals surface area (Å²) in [5.41, 5.74) is -0.981. The van der Waals surface area contributed by atoms with Gasteiger partial charge in [-0.25, -0.2) is 4.79 Å². The summed E-state index contributed by atoms with van der Waals surface area (Å²) in [6.07, 6.45) is 8.85. The molecule has 0 spiro atoms. The molecule has 0 bridgehead atoms. The number of hydroxylamine groups is 2. The molecule has 1 N–H and O–H groups in total. The maximum atomic E-state index is 12.6. The van der Waals surface area contributed by atoms with E-state index in [9.17, 15) is 9.59 Å². The van der Waals surface area contributed by atoms with Crippen LogP contribution in [0.25, 0.3) is 0 Å². The van der Waals surface area contributed by atoms with Crippen LogP contribution >= 0.6 is 0 Å². The van der Waals surface area contributed by atoms with E-state index in [1.807, 2.05) is 32.9 Å². The van der Waals surface area contributed by atoms with E-state index in [4.69, 9.17) is 9.57 Å². The van der Waals surface area contributed by atoms with E-state index < -0.39 is 23.0 Å². The van der Waals surface area contributed by atoms with Crippen LogP contribution in [0.4, 0.5) is 5.82 Å². The van der Waals surface area contributed by atoms with E-state index in [1.165, 1.54) is 0 Å². The lowest BCUT2D eigenvalue weighted by molar-refractivity contribution is -0.161. The summed E-state index contributed by atoms with van der Waals surface area (Å²) in [5.74, 6) is -1.12. The molecule has 2 heterocycles. The first-order valence-corrected chi connectivity index (χ1v) is 7.85. The number of carbonyl (C=O) groups is 2. The summed E-state index contributed by atoms with van der Waals surface area (Å²) in [5, 5.41) is 0. The van der Waals surface area contributed by atoms with Crippen LogP contribution in [0.1, 0.15) is 51.9 Å². The van der Waals surface area contributed by atoms with Crippen molar-refractivity contribution in [3.8, 4) is 0 Å². The Hall–Kier alpha value is -2.18. The third-order valence-electron chi connectivity index (χ3n) is 3.05. The Morgan fingerprint density at radius 3 is 2.08 bits per heavy atom. The fraction of sp³-hybridized carbons (Fsp3) is 0.444. The van der Waals surface area contributed by atoms with E-state index >= 15 is 0 Å². The van der Waals surface area contributed by atoms with Crippen LogP contribution in [0.5, 0.6) is 0 Å². The molecule has 1 aromatic heterocycles. The van der Waals surface area contributed by atoms with Crippen molar-refractivity contribution in [2.75, 3.05) is 0 Å². The third-order valence-corrected chi connectivity index (χ3v) is 3.05. The average molecular weight is 333 g/mol. The van der Waals surface area contributed by atoms with Gasteiger partial charge in [-0.3, -0.25) is 4.79 Å². The van der Waals surface area contributed by atoms with Gasteiger partial charge < -0.3 is 9.72 Å². The van der Waals surface area contributed by atoms with Gasteiger partial charge in [0.05, 0.1) is 0 Å². The first-order chi connectivity index (χ1) is 10.9. The lowest BCUT2D eigenvalue weighted by Crippen LogP contribution is -2.45. The molecule has 0 fully saturated rings. The topological polar surface area (TPSA) is 68.4 Å². The minimum atomic E-state index is -0.885. The zero-order valence-corrected chi connectivity index (χ0v) is 15.0. The highest BCUT2D eigenvalue weighted by Gasteiger charge is 2.42. The van der Waals surface area contributed by atoms with Gasteiger partial charge in [0, 0.05) is 18.3 Å². The Balaban J connectivity index is 2.39. The number of aromatic nitrogens is 1. The summed E-state index contributed by atoms with van der Waals surface area (Å²) >= 11 is 0. The number of esters is 1. The van der Waals surface area contributed by atoms with E-state index in [0.29, 0.717) is 5.82 Å². The average Bonchev–Trinajstić information content (AvgIpc) is 3.02. The molecule has 0 atom stereocenters. The number of aromatic amines is 1. The largest absolute Gasteiger partial charge is 0.454 e. The quantitative estimate of drug-likeness (QED) is 0.395. The Morgan fingerprint density at radius 2 is 1.58 bits per heavy atom. The molecular formula is C18H25N2O4+. The molecule has 0 unspecified atom stereocenters. The SMILES string of the molecule is CC(C)(C)OC(=O)C(=O)c1cc[nH]c1[N+]1(OC(C)(C)C)C=CC=C1. The Kier molecular flexibility index (Phi) is 4.57. The van der Waals surface area contributed by atoms with Crippen molar-refractivity contribution in [2.45, 2.75) is 52.7 Å². The minimum absolute atomic E-state index is 0.125. The molecule has 0 saturated heterocycles. The number of ketones is 1. The third kappa shape index (κ3) is 4.01. The number of rotatable bonds is 4. The van der Waals surface area contributed by atoms with Crippen LogP contribution < -0.4 is 4.65 Å². The number of carbonyl (C=O) groups excluding carboxylic acids is 2. The van der Waals surface area contributed by atoms with Crippen LogP contribution in [-0.2, 0) is 14.4 Å². The molecule has 1 aromatic rings. The smallest absolute Gasteiger partial charge is 0.380 e. The first kappa shape index (κ1) is 18.2. The highest BCUT2D eigenvalue weighted by molar-refractivity contribution is 6.41. The molecule has 24 heavy (non-hydrogen) atoms. The molecule has 2 rings (SSSR count). The van der Waals surface area contributed by atoms with Gasteiger partial charge in [-0.05, 0) is 47.6 Å². The fourth-order valence-corrected chi connectivity index (χ4v) is 2.38. The molecule has 0 amide bonds. The van der Waals surface area contributed by atoms with Gasteiger partial charge in [0.1, 0.15) is 29.2 Å². The summed E-state index contributed by atoms with van der Waals surface area (Å²) in [4.78, 5) is 33.9. The van der Waals surface area contributed by atoms with Crippen molar-refractivity contribution in [2.24, 2.45) is 0 Å². The van der Waals surface area contributed by atoms with Crippen molar-refractivity contribution in [1.29, 1.82) is 0 Å². The van der Waals surface area contributed by atoms with Gasteiger partial charge in [0.25, 0.3) is 11.6 Å². The standard InChI is InChI=1S/C18H24N2O4/c1-17(2,3)23-16(22)14(21)13-9-10-19-15(13)20(11-7-8-12-20)24-18(4,5)6/h7-12H,1-6H3/p+1. The highest BCUT2D eigenvalue weighted by atomic mass is 16.7. The van der Waals surface area contributed by atoms with E-state index in [-0.39, 0.29) is 10.2 Å². The Bertz CT molecular complexity index is 687. The monoisotopic (exact) mass is 333 g/mol. The van der Waals surface area contributed by atoms with E-state index in [2.05, 4.69) is 4.98 Å². The zero-order chi connectivity index (χ0) is 18.2.